The van der Waals surface area contributed by atoms with Crippen LogP contribution in [0.3, 0.4) is 0 Å². The first-order valence-corrected chi connectivity index (χ1v) is 6.35. The molecule has 0 aliphatic rings. The van der Waals surface area contributed by atoms with Crippen LogP contribution in [0.4, 0.5) is 24.7 Å². The molecule has 1 aromatic carbocycles. The van der Waals surface area contributed by atoms with Gasteiger partial charge in [0.2, 0.25) is 0 Å². The van der Waals surface area contributed by atoms with Crippen LogP contribution in [0.1, 0.15) is 16.7 Å². The van der Waals surface area contributed by atoms with Crippen LogP contribution in [-0.2, 0) is 6.18 Å². The minimum atomic E-state index is -4.45. The summed E-state index contributed by atoms with van der Waals surface area (Å²) in [5.41, 5.74) is 2.55. The summed E-state index contributed by atoms with van der Waals surface area (Å²) in [5, 5.41) is 14.6. The highest BCUT2D eigenvalue weighted by Gasteiger charge is 2.30. The number of nitro groups is 1. The molecular formula is C14H11F3N4O2. The van der Waals surface area contributed by atoms with Crippen molar-refractivity contribution in [2.45, 2.75) is 13.1 Å². The second-order valence-electron chi connectivity index (χ2n) is 4.60. The summed E-state index contributed by atoms with van der Waals surface area (Å²) in [6, 6.07) is 6.57. The van der Waals surface area contributed by atoms with E-state index in [4.69, 9.17) is 0 Å². The van der Waals surface area contributed by atoms with Crippen LogP contribution in [0.5, 0.6) is 0 Å². The lowest BCUT2D eigenvalue weighted by Crippen LogP contribution is -2.05. The molecule has 0 atom stereocenters. The van der Waals surface area contributed by atoms with Crippen molar-refractivity contribution in [1.82, 2.24) is 4.98 Å². The monoisotopic (exact) mass is 324 g/mol. The molecule has 1 N–H and O–H groups in total. The summed E-state index contributed by atoms with van der Waals surface area (Å²) in [4.78, 5) is 13.9. The van der Waals surface area contributed by atoms with E-state index in [0.29, 0.717) is 17.3 Å². The molecule has 0 radical (unpaired) electrons. The van der Waals surface area contributed by atoms with Gasteiger partial charge in [-0.25, -0.2) is 4.98 Å². The zero-order valence-electron chi connectivity index (χ0n) is 11.8. The fraction of sp³-hybridized carbons (Fsp3) is 0.143. The zero-order valence-corrected chi connectivity index (χ0v) is 11.8. The van der Waals surface area contributed by atoms with E-state index in [9.17, 15) is 23.3 Å². The Morgan fingerprint density at radius 3 is 2.61 bits per heavy atom. The van der Waals surface area contributed by atoms with E-state index in [2.05, 4.69) is 15.5 Å². The highest BCUT2D eigenvalue weighted by Crippen LogP contribution is 2.28. The molecule has 0 bridgehead atoms. The molecule has 1 aromatic heterocycles. The molecule has 23 heavy (non-hydrogen) atoms. The Balaban J connectivity index is 2.07. The van der Waals surface area contributed by atoms with Gasteiger partial charge in [-0.05, 0) is 19.1 Å². The summed E-state index contributed by atoms with van der Waals surface area (Å²) in [6.45, 7) is 1.61. The van der Waals surface area contributed by atoms with E-state index >= 15 is 0 Å². The van der Waals surface area contributed by atoms with Crippen LogP contribution in [0.2, 0.25) is 0 Å². The van der Waals surface area contributed by atoms with Crippen molar-refractivity contribution in [1.29, 1.82) is 0 Å². The first kappa shape index (κ1) is 16.4. The van der Waals surface area contributed by atoms with E-state index in [0.717, 1.165) is 12.1 Å². The molecule has 9 heteroatoms. The van der Waals surface area contributed by atoms with Gasteiger partial charge in [-0.2, -0.15) is 18.3 Å². The Bertz CT molecular complexity index is 743. The van der Waals surface area contributed by atoms with Gasteiger partial charge < -0.3 is 0 Å². The summed E-state index contributed by atoms with van der Waals surface area (Å²) >= 11 is 0. The van der Waals surface area contributed by atoms with Crippen LogP contribution >= 0.6 is 0 Å². The molecule has 0 aliphatic heterocycles. The van der Waals surface area contributed by atoms with Crippen molar-refractivity contribution in [3.8, 4) is 0 Å². The number of alkyl halides is 3. The number of rotatable bonds is 4. The number of aromatic nitrogens is 1. The fourth-order valence-electron chi connectivity index (χ4n) is 1.70. The number of hydrazone groups is 1. The summed E-state index contributed by atoms with van der Waals surface area (Å²) in [6.07, 6.45) is -2.45. The second-order valence-corrected chi connectivity index (χ2v) is 4.60. The maximum absolute atomic E-state index is 12.4. The lowest BCUT2D eigenvalue weighted by Gasteiger charge is -2.06. The molecule has 120 valence electrons. The molecule has 0 aliphatic carbocycles. The average Bonchev–Trinajstić information content (AvgIpc) is 2.48. The van der Waals surface area contributed by atoms with Gasteiger partial charge in [0.05, 0.1) is 16.7 Å². The quantitative estimate of drug-likeness (QED) is 0.527. The molecule has 0 saturated carbocycles. The Kier molecular flexibility index (Phi) is 4.58. The zero-order chi connectivity index (χ0) is 17.0. The van der Waals surface area contributed by atoms with Crippen molar-refractivity contribution in [3.63, 3.8) is 0 Å². The number of hydrogen-bond acceptors (Lipinski definition) is 5. The number of aryl methyl sites for hydroxylation is 1. The van der Waals surface area contributed by atoms with Gasteiger partial charge in [0.1, 0.15) is 5.82 Å². The van der Waals surface area contributed by atoms with Crippen LogP contribution in [0, 0.1) is 17.0 Å². The number of anilines is 1. The Morgan fingerprint density at radius 2 is 2.04 bits per heavy atom. The topological polar surface area (TPSA) is 80.4 Å². The third-order valence-electron chi connectivity index (χ3n) is 2.91. The highest BCUT2D eigenvalue weighted by molar-refractivity contribution is 5.81. The molecule has 2 rings (SSSR count). The molecule has 0 unspecified atom stereocenters. The Morgan fingerprint density at radius 1 is 1.30 bits per heavy atom. The van der Waals surface area contributed by atoms with Gasteiger partial charge in [-0.3, -0.25) is 15.5 Å². The predicted molar refractivity (Wildman–Crippen MR) is 78.3 cm³/mol. The summed E-state index contributed by atoms with van der Waals surface area (Å²) in [7, 11) is 0. The maximum atomic E-state index is 12.4. The normalized spacial score (nSPS) is 11.7. The average molecular weight is 324 g/mol. The summed E-state index contributed by atoms with van der Waals surface area (Å²) in [5.74, 6) is 0.121. The molecular weight excluding hydrogens is 313 g/mol. The lowest BCUT2D eigenvalue weighted by molar-refractivity contribution is -0.385. The molecule has 0 fully saturated rings. The third-order valence-corrected chi connectivity index (χ3v) is 2.91. The van der Waals surface area contributed by atoms with E-state index in [-0.39, 0.29) is 11.5 Å². The van der Waals surface area contributed by atoms with Crippen molar-refractivity contribution in [2.24, 2.45) is 5.10 Å². The first-order chi connectivity index (χ1) is 10.8. The predicted octanol–water partition coefficient (Wildman–Crippen LogP) is 3.76. The maximum Gasteiger partial charge on any atom is 0.417 e. The minimum absolute atomic E-state index is 0.0402. The SMILES string of the molecule is Cc1ccc(/C=N\Nc2ccc(C(F)(F)F)cn2)cc1[N+](=O)[O-]. The van der Waals surface area contributed by atoms with Crippen LogP contribution < -0.4 is 5.43 Å². The van der Waals surface area contributed by atoms with Crippen LogP contribution in [0.25, 0.3) is 0 Å². The Hall–Kier alpha value is -2.97. The third kappa shape index (κ3) is 4.25. The van der Waals surface area contributed by atoms with Gasteiger partial charge >= 0.3 is 6.18 Å². The van der Waals surface area contributed by atoms with E-state index < -0.39 is 16.7 Å². The van der Waals surface area contributed by atoms with Gasteiger partial charge in [-0.1, -0.05) is 12.1 Å². The molecule has 6 nitrogen and oxygen atoms in total. The lowest BCUT2D eigenvalue weighted by atomic mass is 10.1. The minimum Gasteiger partial charge on any atom is -0.261 e. The number of halogens is 3. The van der Waals surface area contributed by atoms with Crippen molar-refractivity contribution < 1.29 is 18.1 Å². The number of hydrogen-bond donors (Lipinski definition) is 1. The molecule has 0 spiro atoms. The fourth-order valence-corrected chi connectivity index (χ4v) is 1.70. The summed E-state index contributed by atoms with van der Waals surface area (Å²) < 4.78 is 37.2. The number of pyridine rings is 1. The van der Waals surface area contributed by atoms with Gasteiger partial charge in [-0.15, -0.1) is 0 Å². The second kappa shape index (κ2) is 6.42. The van der Waals surface area contributed by atoms with Gasteiger partial charge in [0, 0.05) is 23.4 Å². The van der Waals surface area contributed by atoms with E-state index in [1.165, 1.54) is 12.3 Å². The molecule has 1 heterocycles. The molecule has 0 saturated heterocycles. The largest absolute Gasteiger partial charge is 0.417 e. The first-order valence-electron chi connectivity index (χ1n) is 6.35. The Labute approximate surface area is 128 Å². The standard InChI is InChI=1S/C14H11F3N4O2/c1-9-2-3-10(6-12(9)21(22)23)7-19-20-13-5-4-11(8-18-13)14(15,16)17/h2-8H,1H3,(H,18,20)/b19-7-. The van der Waals surface area contributed by atoms with E-state index in [1.807, 2.05) is 0 Å². The highest BCUT2D eigenvalue weighted by atomic mass is 19.4. The molecule has 0 amide bonds. The van der Waals surface area contributed by atoms with Gasteiger partial charge in [0.25, 0.3) is 5.69 Å². The van der Waals surface area contributed by atoms with Crippen molar-refractivity contribution >= 4 is 17.7 Å². The number of nitrogens with zero attached hydrogens (tertiary/aromatic N) is 3. The van der Waals surface area contributed by atoms with E-state index in [1.54, 1.807) is 19.1 Å². The van der Waals surface area contributed by atoms with Crippen molar-refractivity contribution in [3.05, 3.63) is 63.3 Å². The van der Waals surface area contributed by atoms with Crippen LogP contribution in [0.15, 0.2) is 41.6 Å². The smallest absolute Gasteiger partial charge is 0.261 e. The van der Waals surface area contributed by atoms with Crippen molar-refractivity contribution in [2.75, 3.05) is 5.43 Å². The number of nitrogens with one attached hydrogen (secondary N) is 1. The van der Waals surface area contributed by atoms with Crippen LogP contribution in [-0.4, -0.2) is 16.1 Å². The number of benzene rings is 1. The number of nitro benzene ring substituents is 1. The molecule has 2 aromatic rings. The van der Waals surface area contributed by atoms with Gasteiger partial charge in [0.15, 0.2) is 0 Å².